The average Bonchev–Trinajstić information content (AvgIpc) is 2.68. The van der Waals surface area contributed by atoms with Crippen molar-refractivity contribution in [3.63, 3.8) is 0 Å². The average molecular weight is 390 g/mol. The summed E-state index contributed by atoms with van der Waals surface area (Å²) in [6.45, 7) is 2.27. The number of nitrogens with zero attached hydrogens (tertiary/aromatic N) is 1. The largest absolute Gasteiger partial charge is 0.324 e. The van der Waals surface area contributed by atoms with Gasteiger partial charge in [-0.1, -0.05) is 31.5 Å². The van der Waals surface area contributed by atoms with E-state index in [0.29, 0.717) is 18.5 Å². The van der Waals surface area contributed by atoms with Gasteiger partial charge >= 0.3 is 0 Å². The fraction of sp³-hybridized carbons (Fsp3) is 0.350. The first-order chi connectivity index (χ1) is 12.9. The summed E-state index contributed by atoms with van der Waals surface area (Å²) in [6.07, 6.45) is 2.69. The maximum absolute atomic E-state index is 13.2. The van der Waals surface area contributed by atoms with E-state index in [1.807, 2.05) is 31.2 Å². The summed E-state index contributed by atoms with van der Waals surface area (Å²) in [5.74, 6) is -0.834. The van der Waals surface area contributed by atoms with Crippen LogP contribution in [-0.2, 0) is 21.2 Å². The Morgan fingerprint density at radius 1 is 1.15 bits per heavy atom. The molecule has 1 amide bonds. The third kappa shape index (κ3) is 4.20. The van der Waals surface area contributed by atoms with Crippen LogP contribution in [0.5, 0.6) is 0 Å². The molecule has 0 unspecified atom stereocenters. The fourth-order valence-corrected chi connectivity index (χ4v) is 5.02. The summed E-state index contributed by atoms with van der Waals surface area (Å²) in [6, 6.07) is 11.4. The lowest BCUT2D eigenvalue weighted by Gasteiger charge is -2.33. The Kier molecular flexibility index (Phi) is 5.92. The molecule has 2 aromatic carbocycles. The highest BCUT2D eigenvalue weighted by Crippen LogP contribution is 2.27. The number of rotatable bonds is 5. The molecule has 1 N–H and O–H groups in total. The molecule has 144 valence electrons. The summed E-state index contributed by atoms with van der Waals surface area (Å²) >= 11 is 0. The summed E-state index contributed by atoms with van der Waals surface area (Å²) in [5.41, 5.74) is 1.70. The van der Waals surface area contributed by atoms with E-state index >= 15 is 0 Å². The number of aryl methyl sites for hydroxylation is 1. The van der Waals surface area contributed by atoms with Crippen LogP contribution in [0.15, 0.2) is 53.4 Å². The predicted molar refractivity (Wildman–Crippen MR) is 102 cm³/mol. The molecule has 7 heteroatoms. The first-order valence-electron chi connectivity index (χ1n) is 9.09. The van der Waals surface area contributed by atoms with Crippen molar-refractivity contribution in [3.8, 4) is 0 Å². The molecule has 1 saturated heterocycles. The SMILES string of the molecule is CCc1ccccc1NC(=O)[C@@H]1CCCCN1S(=O)(=O)c1ccc(F)cc1. The lowest BCUT2D eigenvalue weighted by molar-refractivity contribution is -0.120. The Bertz CT molecular complexity index is 913. The molecule has 2 aromatic rings. The third-order valence-corrected chi connectivity index (χ3v) is 6.76. The molecule has 0 radical (unpaired) electrons. The molecule has 0 aromatic heterocycles. The van der Waals surface area contributed by atoms with Crippen LogP contribution < -0.4 is 5.32 Å². The normalized spacial score (nSPS) is 18.2. The quantitative estimate of drug-likeness (QED) is 0.849. The zero-order valence-electron chi connectivity index (χ0n) is 15.2. The Labute approximate surface area is 159 Å². The summed E-state index contributed by atoms with van der Waals surface area (Å²) in [5, 5.41) is 2.89. The van der Waals surface area contributed by atoms with E-state index in [1.165, 1.54) is 16.4 Å². The Balaban J connectivity index is 1.86. The maximum Gasteiger partial charge on any atom is 0.243 e. The summed E-state index contributed by atoms with van der Waals surface area (Å²) < 4.78 is 40.4. The second-order valence-electron chi connectivity index (χ2n) is 6.58. The number of hydrogen-bond donors (Lipinski definition) is 1. The number of benzene rings is 2. The number of halogens is 1. The van der Waals surface area contributed by atoms with Crippen molar-refractivity contribution in [3.05, 3.63) is 59.9 Å². The number of carbonyl (C=O) groups is 1. The van der Waals surface area contributed by atoms with E-state index in [-0.39, 0.29) is 17.3 Å². The zero-order valence-corrected chi connectivity index (χ0v) is 16.0. The molecule has 1 aliphatic rings. The lowest BCUT2D eigenvalue weighted by Crippen LogP contribution is -2.49. The topological polar surface area (TPSA) is 66.5 Å². The highest BCUT2D eigenvalue weighted by Gasteiger charge is 2.37. The monoisotopic (exact) mass is 390 g/mol. The van der Waals surface area contributed by atoms with Gasteiger partial charge < -0.3 is 5.32 Å². The van der Waals surface area contributed by atoms with Gasteiger partial charge in [0, 0.05) is 12.2 Å². The molecule has 1 atom stereocenters. The minimum atomic E-state index is -3.88. The van der Waals surface area contributed by atoms with Crippen molar-refractivity contribution in [2.75, 3.05) is 11.9 Å². The molecule has 5 nitrogen and oxygen atoms in total. The molecule has 0 spiro atoms. The van der Waals surface area contributed by atoms with Gasteiger partial charge in [-0.15, -0.1) is 0 Å². The van der Waals surface area contributed by atoms with Crippen LogP contribution in [0, 0.1) is 5.82 Å². The molecule has 0 bridgehead atoms. The molecule has 1 fully saturated rings. The highest BCUT2D eigenvalue weighted by atomic mass is 32.2. The number of para-hydroxylation sites is 1. The van der Waals surface area contributed by atoms with E-state index in [2.05, 4.69) is 5.32 Å². The van der Waals surface area contributed by atoms with Crippen molar-refractivity contribution in [2.45, 2.75) is 43.5 Å². The number of anilines is 1. The predicted octanol–water partition coefficient (Wildman–Crippen LogP) is 3.57. The van der Waals surface area contributed by atoms with Crippen LogP contribution in [0.3, 0.4) is 0 Å². The van der Waals surface area contributed by atoms with Crippen LogP contribution in [-0.4, -0.2) is 31.2 Å². The van der Waals surface area contributed by atoms with Gasteiger partial charge in [-0.3, -0.25) is 4.79 Å². The van der Waals surface area contributed by atoms with Gasteiger partial charge in [0.1, 0.15) is 11.9 Å². The van der Waals surface area contributed by atoms with Crippen LogP contribution in [0.25, 0.3) is 0 Å². The van der Waals surface area contributed by atoms with E-state index in [4.69, 9.17) is 0 Å². The molecular weight excluding hydrogens is 367 g/mol. The van der Waals surface area contributed by atoms with Crippen molar-refractivity contribution >= 4 is 21.6 Å². The van der Waals surface area contributed by atoms with Crippen LogP contribution in [0.1, 0.15) is 31.7 Å². The van der Waals surface area contributed by atoms with E-state index in [0.717, 1.165) is 30.5 Å². The number of amides is 1. The van der Waals surface area contributed by atoms with Gasteiger partial charge in [-0.25, -0.2) is 12.8 Å². The van der Waals surface area contributed by atoms with E-state index < -0.39 is 21.9 Å². The van der Waals surface area contributed by atoms with Gasteiger partial charge in [0.25, 0.3) is 0 Å². The Morgan fingerprint density at radius 3 is 2.56 bits per heavy atom. The number of nitrogens with one attached hydrogen (secondary N) is 1. The molecule has 0 aliphatic carbocycles. The first kappa shape index (κ1) is 19.5. The molecule has 0 saturated carbocycles. The highest BCUT2D eigenvalue weighted by molar-refractivity contribution is 7.89. The summed E-state index contributed by atoms with van der Waals surface area (Å²) in [7, 11) is -3.88. The van der Waals surface area contributed by atoms with E-state index in [1.54, 1.807) is 0 Å². The van der Waals surface area contributed by atoms with Gasteiger partial charge in [0.2, 0.25) is 15.9 Å². The molecule has 1 aliphatic heterocycles. The van der Waals surface area contributed by atoms with Crippen LogP contribution in [0.4, 0.5) is 10.1 Å². The minimum absolute atomic E-state index is 0.00226. The number of sulfonamides is 1. The van der Waals surface area contributed by atoms with Crippen molar-refractivity contribution in [1.82, 2.24) is 4.31 Å². The minimum Gasteiger partial charge on any atom is -0.324 e. The fourth-order valence-electron chi connectivity index (χ4n) is 3.36. The molecule has 1 heterocycles. The van der Waals surface area contributed by atoms with Gasteiger partial charge in [-0.2, -0.15) is 4.31 Å². The Hall–Kier alpha value is -2.25. The first-order valence-corrected chi connectivity index (χ1v) is 10.5. The van der Waals surface area contributed by atoms with Crippen LogP contribution >= 0.6 is 0 Å². The lowest BCUT2D eigenvalue weighted by atomic mass is 10.0. The maximum atomic E-state index is 13.2. The van der Waals surface area contributed by atoms with Gasteiger partial charge in [0.15, 0.2) is 0 Å². The number of carbonyl (C=O) groups excluding carboxylic acids is 1. The second kappa shape index (κ2) is 8.19. The van der Waals surface area contributed by atoms with Crippen molar-refractivity contribution in [1.29, 1.82) is 0 Å². The molecular formula is C20H23FN2O3S. The van der Waals surface area contributed by atoms with Crippen LogP contribution in [0.2, 0.25) is 0 Å². The molecule has 3 rings (SSSR count). The van der Waals surface area contributed by atoms with Gasteiger partial charge in [-0.05, 0) is 55.2 Å². The summed E-state index contributed by atoms with van der Waals surface area (Å²) in [4.78, 5) is 12.9. The number of hydrogen-bond acceptors (Lipinski definition) is 3. The standard InChI is InChI=1S/C20H23FN2O3S/c1-2-15-7-3-4-8-18(15)22-20(24)19-9-5-6-14-23(19)27(25,26)17-12-10-16(21)11-13-17/h3-4,7-8,10-13,19H,2,5-6,9,14H2,1H3,(H,22,24)/t19-/m0/s1. The molecule has 27 heavy (non-hydrogen) atoms. The number of piperidine rings is 1. The third-order valence-electron chi connectivity index (χ3n) is 4.83. The van der Waals surface area contributed by atoms with E-state index in [9.17, 15) is 17.6 Å². The smallest absolute Gasteiger partial charge is 0.243 e. The van der Waals surface area contributed by atoms with Crippen molar-refractivity contribution < 1.29 is 17.6 Å². The van der Waals surface area contributed by atoms with Crippen molar-refractivity contribution in [2.24, 2.45) is 0 Å². The second-order valence-corrected chi connectivity index (χ2v) is 8.47. The Morgan fingerprint density at radius 2 is 1.85 bits per heavy atom. The van der Waals surface area contributed by atoms with Gasteiger partial charge in [0.05, 0.1) is 4.90 Å². The zero-order chi connectivity index (χ0) is 19.4.